The van der Waals surface area contributed by atoms with Crippen molar-refractivity contribution < 1.29 is 57.2 Å². The minimum atomic E-state index is -1.40. The molecule has 0 aromatic carbocycles. The van der Waals surface area contributed by atoms with Gasteiger partial charge >= 0.3 is 12.1 Å². The molecule has 1 N–H and O–H groups in total. The number of ether oxygens (including phenoxy) is 6. The van der Waals surface area contributed by atoms with Crippen LogP contribution in [0.2, 0.25) is 0 Å². The summed E-state index contributed by atoms with van der Waals surface area (Å²) in [4.78, 5) is 61.5. The largest absolute Gasteiger partial charge is 0.458 e. The molecular formula is C42H61N5O12. The van der Waals surface area contributed by atoms with Crippen molar-refractivity contribution in [1.29, 1.82) is 0 Å². The molecule has 3 unspecified atom stereocenters. The van der Waals surface area contributed by atoms with Crippen molar-refractivity contribution in [3.63, 3.8) is 0 Å². The SMILES string of the molecule is CC[C@H]1OC(=O)[C@H](C)[C@H]2OCC3COC(C)(C[C@@H](C)C(=O)[C@H](C)[C@@H]4N(C/C3=N/OCc3ccc5ocnc5n3)C(=O)OC41C)[C@H](O[C@@H]1O[C@H](C)C[C@H](N(C)C)[C@H]1O)[C@H]2C. The Morgan fingerprint density at radius 3 is 2.56 bits per heavy atom. The number of amides is 1. The molecule has 0 aliphatic carbocycles. The number of nitrogens with zero attached hydrogens (tertiary/aromatic N) is 5. The quantitative estimate of drug-likeness (QED) is 0.309. The van der Waals surface area contributed by atoms with Crippen molar-refractivity contribution in [2.75, 3.05) is 33.9 Å². The number of aliphatic hydroxyl groups excluding tert-OH is 1. The summed E-state index contributed by atoms with van der Waals surface area (Å²) in [5.74, 6) is -4.08. The molecular weight excluding hydrogens is 766 g/mol. The third-order valence-corrected chi connectivity index (χ3v) is 13.4. The van der Waals surface area contributed by atoms with Crippen LogP contribution in [0.3, 0.4) is 0 Å². The highest BCUT2D eigenvalue weighted by Gasteiger charge is 2.61. The molecule has 0 saturated carbocycles. The van der Waals surface area contributed by atoms with Crippen LogP contribution in [-0.2, 0) is 49.5 Å². The third kappa shape index (κ3) is 8.22. The van der Waals surface area contributed by atoms with Gasteiger partial charge in [0, 0.05) is 29.7 Å². The number of Topliss-reactive ketones (excluding diaryl/α,β-unsaturated/α-hetero) is 1. The summed E-state index contributed by atoms with van der Waals surface area (Å²) < 4.78 is 45.1. The summed E-state index contributed by atoms with van der Waals surface area (Å²) in [6.07, 6.45) is -3.13. The number of aliphatic hydroxyl groups is 1. The molecule has 6 bridgehead atoms. The van der Waals surface area contributed by atoms with Gasteiger partial charge in [0.25, 0.3) is 0 Å². The predicted octanol–water partition coefficient (Wildman–Crippen LogP) is 4.13. The second-order valence-corrected chi connectivity index (χ2v) is 18.0. The van der Waals surface area contributed by atoms with Crippen LogP contribution in [0.4, 0.5) is 4.79 Å². The van der Waals surface area contributed by atoms with E-state index < -0.39 is 89.6 Å². The van der Waals surface area contributed by atoms with Crippen molar-refractivity contribution in [3.05, 3.63) is 24.2 Å². The average Bonchev–Trinajstić information content (AvgIpc) is 3.77. The van der Waals surface area contributed by atoms with Crippen LogP contribution in [0.1, 0.15) is 80.3 Å². The van der Waals surface area contributed by atoms with E-state index in [9.17, 15) is 19.5 Å². The maximum absolute atomic E-state index is 14.8. The number of likely N-dealkylation sites (N-methyl/N-ethyl adjacent to an activating group) is 1. The number of carbonyl (C=O) groups is 3. The Morgan fingerprint density at radius 1 is 1.07 bits per heavy atom. The number of cyclic esters (lactones) is 1. The van der Waals surface area contributed by atoms with E-state index in [2.05, 4.69) is 15.1 Å². The summed E-state index contributed by atoms with van der Waals surface area (Å²) >= 11 is 0. The van der Waals surface area contributed by atoms with Crippen molar-refractivity contribution in [2.45, 2.75) is 141 Å². The van der Waals surface area contributed by atoms with Gasteiger partial charge in [-0.25, -0.2) is 9.78 Å². The molecule has 17 nitrogen and oxygen atoms in total. The number of hydrogen-bond donors (Lipinski definition) is 1. The summed E-state index contributed by atoms with van der Waals surface area (Å²) in [7, 11) is 3.82. The first-order valence-corrected chi connectivity index (χ1v) is 21.0. The maximum atomic E-state index is 14.8. The van der Waals surface area contributed by atoms with Gasteiger partial charge in [-0.15, -0.1) is 0 Å². The van der Waals surface area contributed by atoms with Crippen LogP contribution in [0, 0.1) is 29.6 Å². The lowest BCUT2D eigenvalue weighted by Crippen LogP contribution is -2.61. The Hall–Kier alpha value is -3.74. The molecule has 15 atom stereocenters. The molecule has 326 valence electrons. The van der Waals surface area contributed by atoms with E-state index in [0.717, 1.165) is 0 Å². The lowest BCUT2D eigenvalue weighted by atomic mass is 9.73. The molecule has 59 heavy (non-hydrogen) atoms. The van der Waals surface area contributed by atoms with Crippen LogP contribution >= 0.6 is 0 Å². The number of esters is 1. The Kier molecular flexibility index (Phi) is 12.5. The molecule has 0 spiro atoms. The molecule has 7 rings (SSSR count). The van der Waals surface area contributed by atoms with Gasteiger partial charge in [-0.2, -0.15) is 4.98 Å². The Balaban J connectivity index is 1.37. The second kappa shape index (κ2) is 17.0. The Labute approximate surface area is 345 Å². The fourth-order valence-electron chi connectivity index (χ4n) is 10.2. The number of carbonyl (C=O) groups excluding carboxylic acids is 3. The van der Waals surface area contributed by atoms with Gasteiger partial charge in [0.1, 0.15) is 18.0 Å². The molecule has 2 aromatic heterocycles. The number of oxime groups is 1. The van der Waals surface area contributed by atoms with E-state index in [1.54, 1.807) is 32.9 Å². The first-order chi connectivity index (χ1) is 27.9. The van der Waals surface area contributed by atoms with Crippen molar-refractivity contribution >= 4 is 34.8 Å². The predicted molar refractivity (Wildman–Crippen MR) is 211 cm³/mol. The molecule has 7 heterocycles. The molecule has 2 aromatic rings. The van der Waals surface area contributed by atoms with Gasteiger partial charge in [0.05, 0.1) is 67.0 Å². The maximum Gasteiger partial charge on any atom is 0.411 e. The molecule has 5 fully saturated rings. The number of hydrogen-bond acceptors (Lipinski definition) is 16. The normalized spacial score (nSPS) is 41.6. The van der Waals surface area contributed by atoms with Crippen molar-refractivity contribution in [1.82, 2.24) is 19.8 Å². The number of aromatic nitrogens is 2. The van der Waals surface area contributed by atoms with Gasteiger partial charge < -0.3 is 47.7 Å². The molecule has 5 aliphatic heterocycles. The topological polar surface area (TPSA) is 194 Å². The van der Waals surface area contributed by atoms with Gasteiger partial charge in [-0.05, 0) is 73.2 Å². The van der Waals surface area contributed by atoms with E-state index in [1.165, 1.54) is 11.3 Å². The summed E-state index contributed by atoms with van der Waals surface area (Å²) in [5.41, 5.74) is -0.704. The number of ketones is 1. The Bertz CT molecular complexity index is 1890. The van der Waals surface area contributed by atoms with E-state index in [1.807, 2.05) is 53.6 Å². The fourth-order valence-corrected chi connectivity index (χ4v) is 10.2. The van der Waals surface area contributed by atoms with E-state index in [0.29, 0.717) is 35.5 Å². The van der Waals surface area contributed by atoms with E-state index in [-0.39, 0.29) is 50.7 Å². The zero-order chi connectivity index (χ0) is 42.6. The molecule has 17 heteroatoms. The molecule has 0 radical (unpaired) electrons. The van der Waals surface area contributed by atoms with Gasteiger partial charge in [-0.1, -0.05) is 32.9 Å². The first-order valence-electron chi connectivity index (χ1n) is 21.0. The van der Waals surface area contributed by atoms with Crippen molar-refractivity contribution in [2.24, 2.45) is 34.7 Å². The average molecular weight is 828 g/mol. The van der Waals surface area contributed by atoms with Crippen LogP contribution in [-0.4, -0.2) is 142 Å². The number of rotatable bonds is 7. The van der Waals surface area contributed by atoms with Gasteiger partial charge in [0.15, 0.2) is 36.1 Å². The third-order valence-electron chi connectivity index (χ3n) is 13.4. The zero-order valence-corrected chi connectivity index (χ0v) is 35.9. The fraction of sp³-hybridized carbons (Fsp3) is 0.762. The van der Waals surface area contributed by atoms with Crippen LogP contribution < -0.4 is 0 Å². The zero-order valence-electron chi connectivity index (χ0n) is 35.9. The van der Waals surface area contributed by atoms with E-state index >= 15 is 0 Å². The van der Waals surface area contributed by atoms with Crippen molar-refractivity contribution in [3.8, 4) is 0 Å². The van der Waals surface area contributed by atoms with Crippen LogP contribution in [0.15, 0.2) is 28.1 Å². The lowest BCUT2D eigenvalue weighted by Gasteiger charge is -2.48. The van der Waals surface area contributed by atoms with Crippen LogP contribution in [0.25, 0.3) is 11.2 Å². The highest BCUT2D eigenvalue weighted by atomic mass is 16.7. The minimum absolute atomic E-state index is 0.0175. The number of fused-ring (bicyclic) bond motifs is 6. The van der Waals surface area contributed by atoms with Crippen LogP contribution in [0.5, 0.6) is 0 Å². The standard InChI is InChI=1S/C42H61N5O12/c1-11-31-42(8)35-23(4)32(48)21(2)15-41(7)36(58-39-33(49)29(46(9)10)14-22(3)56-39)24(5)34(25(6)38(50)57-31)52-17-26(18-54-41)28(16-47(35)40(51)59-42)45-55-19-27-12-13-30-37(44-27)43-20-53-30/h12-13,20-26,29,31,33-36,39,49H,11,14-19H2,1-10H3/b45-28-/t21-,22-,23+,24+,25-,26?,29+,31-,33-,34+,35+,36-,39+,41?,42?/m1/s1. The first kappa shape index (κ1) is 43.4. The smallest absolute Gasteiger partial charge is 0.411 e. The summed E-state index contributed by atoms with van der Waals surface area (Å²) in [6, 6.07) is 2.39. The number of oxazole rings is 1. The number of pyridine rings is 1. The highest BCUT2D eigenvalue weighted by Crippen LogP contribution is 2.45. The Morgan fingerprint density at radius 2 is 1.83 bits per heavy atom. The summed E-state index contributed by atoms with van der Waals surface area (Å²) in [6.45, 7) is 14.7. The monoisotopic (exact) mass is 827 g/mol. The van der Waals surface area contributed by atoms with E-state index in [4.69, 9.17) is 37.7 Å². The molecule has 5 saturated heterocycles. The highest BCUT2D eigenvalue weighted by molar-refractivity contribution is 5.92. The minimum Gasteiger partial charge on any atom is -0.458 e. The molecule has 1 amide bonds. The van der Waals surface area contributed by atoms with Gasteiger partial charge in [0.2, 0.25) is 0 Å². The summed E-state index contributed by atoms with van der Waals surface area (Å²) in [5, 5.41) is 16.4. The second-order valence-electron chi connectivity index (χ2n) is 18.0. The lowest BCUT2D eigenvalue weighted by molar-refractivity contribution is -0.302. The van der Waals surface area contributed by atoms with Gasteiger partial charge in [-0.3, -0.25) is 14.5 Å². The molecule has 5 aliphatic rings.